The fourth-order valence-electron chi connectivity index (χ4n) is 3.47. The molecule has 0 saturated carbocycles. The maximum atomic E-state index is 13.1. The van der Waals surface area contributed by atoms with E-state index in [0.29, 0.717) is 11.9 Å². The minimum atomic E-state index is -3.73. The lowest BCUT2D eigenvalue weighted by Gasteiger charge is -2.10. The van der Waals surface area contributed by atoms with Crippen LogP contribution in [0.4, 0.5) is 0 Å². The van der Waals surface area contributed by atoms with Crippen LogP contribution in [-0.2, 0) is 26.5 Å². The molecule has 0 bridgehead atoms. The van der Waals surface area contributed by atoms with Gasteiger partial charge in [0.2, 0.25) is 10.0 Å². The number of hydrogen-bond donors (Lipinski definition) is 1. The molecule has 4 aromatic rings. The van der Waals surface area contributed by atoms with Crippen LogP contribution in [0.3, 0.4) is 0 Å². The lowest BCUT2D eigenvalue weighted by Crippen LogP contribution is -2.26. The number of aromatic nitrogens is 1. The van der Waals surface area contributed by atoms with Crippen molar-refractivity contribution < 1.29 is 16.8 Å². The Balaban J connectivity index is 1.55. The zero-order chi connectivity index (χ0) is 22.9. The van der Waals surface area contributed by atoms with Crippen LogP contribution in [0.2, 0.25) is 0 Å². The molecule has 0 unspecified atom stereocenters. The van der Waals surface area contributed by atoms with Crippen LogP contribution in [0.25, 0.3) is 10.9 Å². The maximum Gasteiger partial charge on any atom is 0.268 e. The molecular weight excluding hydrogens is 444 g/mol. The SMILES string of the molecule is Cc1ccc(S(=O)(=O)NCCc2ccc3ccn(S(=O)(=O)c4ccc(C)cc4)c3c2)cc1. The Morgan fingerprint density at radius 2 is 1.34 bits per heavy atom. The molecule has 32 heavy (non-hydrogen) atoms. The zero-order valence-electron chi connectivity index (χ0n) is 17.8. The summed E-state index contributed by atoms with van der Waals surface area (Å²) in [5.74, 6) is 0. The number of sulfonamides is 1. The van der Waals surface area contributed by atoms with E-state index in [1.807, 2.05) is 26.0 Å². The molecule has 1 aromatic heterocycles. The van der Waals surface area contributed by atoms with Crippen molar-refractivity contribution in [3.63, 3.8) is 0 Å². The highest BCUT2D eigenvalue weighted by molar-refractivity contribution is 7.90. The van der Waals surface area contributed by atoms with Crippen LogP contribution in [0.15, 0.2) is 88.8 Å². The summed E-state index contributed by atoms with van der Waals surface area (Å²) >= 11 is 0. The van der Waals surface area contributed by atoms with E-state index < -0.39 is 20.0 Å². The third-order valence-corrected chi connectivity index (χ3v) is 8.52. The third kappa shape index (κ3) is 4.48. The van der Waals surface area contributed by atoms with Crippen LogP contribution in [0.5, 0.6) is 0 Å². The topological polar surface area (TPSA) is 85.2 Å². The van der Waals surface area contributed by atoms with Crippen molar-refractivity contribution in [1.29, 1.82) is 0 Å². The van der Waals surface area contributed by atoms with Crippen molar-refractivity contribution in [3.05, 3.63) is 95.7 Å². The van der Waals surface area contributed by atoms with E-state index in [2.05, 4.69) is 4.72 Å². The van der Waals surface area contributed by atoms with Gasteiger partial charge in [0.05, 0.1) is 15.3 Å². The van der Waals surface area contributed by atoms with Gasteiger partial charge in [0, 0.05) is 18.1 Å². The molecule has 6 nitrogen and oxygen atoms in total. The molecule has 0 aliphatic heterocycles. The summed E-state index contributed by atoms with van der Waals surface area (Å²) < 4.78 is 55.1. The standard InChI is InChI=1S/C24H24N2O4S2/c1-18-3-9-22(10-4-18)31(27,28)25-15-13-20-7-8-21-14-16-26(24(21)17-20)32(29,30)23-11-5-19(2)6-12-23/h3-12,14,16-17,25H,13,15H2,1-2H3. The van der Waals surface area contributed by atoms with Gasteiger partial charge in [0.1, 0.15) is 0 Å². The summed E-state index contributed by atoms with van der Waals surface area (Å²) in [6.07, 6.45) is 1.97. The quantitative estimate of drug-likeness (QED) is 0.444. The lowest BCUT2D eigenvalue weighted by atomic mass is 10.1. The van der Waals surface area contributed by atoms with Gasteiger partial charge in [-0.05, 0) is 62.2 Å². The molecule has 0 radical (unpaired) electrons. The molecule has 8 heteroatoms. The summed E-state index contributed by atoms with van der Waals surface area (Å²) in [7, 11) is -7.33. The van der Waals surface area contributed by atoms with Crippen LogP contribution in [0.1, 0.15) is 16.7 Å². The van der Waals surface area contributed by atoms with Crippen LogP contribution in [0, 0.1) is 13.8 Å². The Labute approximate surface area is 188 Å². The smallest absolute Gasteiger partial charge is 0.241 e. The molecular formula is C24H24N2O4S2. The number of nitrogens with one attached hydrogen (secondary N) is 1. The summed E-state index contributed by atoms with van der Waals surface area (Å²) in [6, 6.07) is 20.7. The molecule has 1 heterocycles. The van der Waals surface area contributed by atoms with Crippen molar-refractivity contribution in [2.45, 2.75) is 30.1 Å². The van der Waals surface area contributed by atoms with Crippen LogP contribution < -0.4 is 4.72 Å². The molecule has 166 valence electrons. The summed E-state index contributed by atoms with van der Waals surface area (Å²) in [6.45, 7) is 4.00. The third-order valence-electron chi connectivity index (χ3n) is 5.34. The van der Waals surface area contributed by atoms with Crippen molar-refractivity contribution in [2.75, 3.05) is 6.54 Å². The maximum absolute atomic E-state index is 13.1. The summed E-state index contributed by atoms with van der Waals surface area (Å²) in [5, 5.41) is 0.796. The minimum absolute atomic E-state index is 0.202. The number of hydrogen-bond acceptors (Lipinski definition) is 4. The molecule has 0 saturated heterocycles. The Bertz CT molecular complexity index is 1470. The molecule has 0 amide bonds. The molecule has 0 aliphatic carbocycles. The van der Waals surface area contributed by atoms with Gasteiger partial charge < -0.3 is 0 Å². The fraction of sp³-hybridized carbons (Fsp3) is 0.167. The largest absolute Gasteiger partial charge is 0.268 e. The first-order valence-corrected chi connectivity index (χ1v) is 13.1. The second-order valence-corrected chi connectivity index (χ2v) is 11.4. The molecule has 1 N–H and O–H groups in total. The monoisotopic (exact) mass is 468 g/mol. The first kappa shape index (κ1) is 22.3. The average molecular weight is 469 g/mol. The second kappa shape index (κ2) is 8.54. The van der Waals surface area contributed by atoms with Gasteiger partial charge in [0.15, 0.2) is 0 Å². The zero-order valence-corrected chi connectivity index (χ0v) is 19.4. The predicted octanol–water partition coefficient (Wildman–Crippen LogP) is 4.02. The van der Waals surface area contributed by atoms with Gasteiger partial charge in [-0.1, -0.05) is 47.5 Å². The number of nitrogens with zero attached hydrogens (tertiary/aromatic N) is 1. The van der Waals surface area contributed by atoms with Crippen molar-refractivity contribution >= 4 is 30.9 Å². The molecule has 0 aliphatic rings. The van der Waals surface area contributed by atoms with E-state index in [9.17, 15) is 16.8 Å². The van der Waals surface area contributed by atoms with Crippen molar-refractivity contribution in [2.24, 2.45) is 0 Å². The predicted molar refractivity (Wildman–Crippen MR) is 126 cm³/mol. The Morgan fingerprint density at radius 3 is 1.97 bits per heavy atom. The van der Waals surface area contributed by atoms with Gasteiger partial charge >= 0.3 is 0 Å². The molecule has 0 atom stereocenters. The normalized spacial score (nSPS) is 12.3. The fourth-order valence-corrected chi connectivity index (χ4v) is 5.85. The molecule has 3 aromatic carbocycles. The first-order valence-electron chi connectivity index (χ1n) is 10.2. The van der Waals surface area contributed by atoms with Gasteiger partial charge in [0.25, 0.3) is 10.0 Å². The van der Waals surface area contributed by atoms with E-state index in [1.165, 1.54) is 3.97 Å². The highest BCUT2D eigenvalue weighted by Gasteiger charge is 2.19. The summed E-state index contributed by atoms with van der Waals surface area (Å²) in [5.41, 5.74) is 3.37. The van der Waals surface area contributed by atoms with Gasteiger partial charge in [-0.15, -0.1) is 0 Å². The lowest BCUT2D eigenvalue weighted by molar-refractivity contribution is 0.581. The number of aryl methyl sites for hydroxylation is 2. The number of benzene rings is 3. The second-order valence-electron chi connectivity index (χ2n) is 7.78. The van der Waals surface area contributed by atoms with E-state index in [1.54, 1.807) is 66.9 Å². The van der Waals surface area contributed by atoms with Crippen LogP contribution >= 0.6 is 0 Å². The minimum Gasteiger partial charge on any atom is -0.241 e. The Hall–Kier alpha value is -2.94. The van der Waals surface area contributed by atoms with E-state index in [4.69, 9.17) is 0 Å². The van der Waals surface area contributed by atoms with Gasteiger partial charge in [-0.2, -0.15) is 0 Å². The van der Waals surface area contributed by atoms with Crippen molar-refractivity contribution in [3.8, 4) is 0 Å². The Kier molecular flexibility index (Phi) is 5.94. The van der Waals surface area contributed by atoms with Crippen LogP contribution in [-0.4, -0.2) is 27.4 Å². The highest BCUT2D eigenvalue weighted by Crippen LogP contribution is 2.24. The number of rotatable bonds is 7. The van der Waals surface area contributed by atoms with E-state index in [0.717, 1.165) is 22.1 Å². The molecule has 0 spiro atoms. The van der Waals surface area contributed by atoms with E-state index >= 15 is 0 Å². The highest BCUT2D eigenvalue weighted by atomic mass is 32.2. The van der Waals surface area contributed by atoms with Crippen molar-refractivity contribution in [1.82, 2.24) is 8.69 Å². The van der Waals surface area contributed by atoms with Gasteiger partial charge in [-0.3, -0.25) is 0 Å². The molecule has 4 rings (SSSR count). The summed E-state index contributed by atoms with van der Waals surface area (Å²) in [4.78, 5) is 0.438. The first-order chi connectivity index (χ1) is 15.2. The Morgan fingerprint density at radius 1 is 0.750 bits per heavy atom. The van der Waals surface area contributed by atoms with E-state index in [-0.39, 0.29) is 16.3 Å². The average Bonchev–Trinajstić information content (AvgIpc) is 3.18. The molecule has 0 fully saturated rings. The van der Waals surface area contributed by atoms with Gasteiger partial charge in [-0.25, -0.2) is 25.5 Å². The number of fused-ring (bicyclic) bond motifs is 1.